The second-order valence-corrected chi connectivity index (χ2v) is 3.34. The monoisotopic (exact) mass is 163 g/mol. The van der Waals surface area contributed by atoms with Crippen LogP contribution in [0, 0.1) is 5.92 Å². The summed E-state index contributed by atoms with van der Waals surface area (Å²) in [6.07, 6.45) is 0.788. The van der Waals surface area contributed by atoms with Gasteiger partial charge in [0.1, 0.15) is 0 Å². The lowest BCUT2D eigenvalue weighted by molar-refractivity contribution is 0.133. The molecule has 0 aromatic carbocycles. The first-order chi connectivity index (χ1) is 4.74. The van der Waals surface area contributed by atoms with Crippen molar-refractivity contribution in [2.24, 2.45) is 5.92 Å². The second-order valence-electron chi connectivity index (χ2n) is 3.03. The van der Waals surface area contributed by atoms with Gasteiger partial charge in [0.2, 0.25) is 0 Å². The van der Waals surface area contributed by atoms with Crippen LogP contribution in [0.15, 0.2) is 0 Å². The van der Waals surface area contributed by atoms with E-state index in [0.717, 1.165) is 19.5 Å². The van der Waals surface area contributed by atoms with Gasteiger partial charge in [-0.3, -0.25) is 0 Å². The van der Waals surface area contributed by atoms with Crippen LogP contribution in [0.25, 0.3) is 0 Å². The van der Waals surface area contributed by atoms with Crippen molar-refractivity contribution in [1.29, 1.82) is 0 Å². The van der Waals surface area contributed by atoms with Gasteiger partial charge in [-0.2, -0.15) is 0 Å². The highest BCUT2D eigenvalue weighted by Gasteiger charge is 2.25. The van der Waals surface area contributed by atoms with Crippen molar-refractivity contribution in [2.45, 2.75) is 12.5 Å². The Hall–Kier alpha value is 0.210. The number of aliphatic hydroxyl groups is 1. The topological polar surface area (TPSA) is 23.5 Å². The molecule has 1 N–H and O–H groups in total. The van der Waals surface area contributed by atoms with Crippen molar-refractivity contribution < 1.29 is 5.11 Å². The Morgan fingerprint density at radius 2 is 2.50 bits per heavy atom. The number of nitrogens with zero attached hydrogens (tertiary/aromatic N) is 1. The highest BCUT2D eigenvalue weighted by Crippen LogP contribution is 2.18. The van der Waals surface area contributed by atoms with Crippen LogP contribution in [0.5, 0.6) is 0 Å². The fraction of sp³-hybridized carbons (Fsp3) is 1.00. The first-order valence-electron chi connectivity index (χ1n) is 3.66. The van der Waals surface area contributed by atoms with Crippen LogP contribution in [0.2, 0.25) is 0 Å². The molecular formula is C7H14ClNO. The highest BCUT2D eigenvalue weighted by molar-refractivity contribution is 6.18. The predicted octanol–water partition coefficient (Wildman–Crippen LogP) is 0.538. The summed E-state index contributed by atoms with van der Waals surface area (Å²) >= 11 is 5.51. The van der Waals surface area contributed by atoms with E-state index < -0.39 is 0 Å². The highest BCUT2D eigenvalue weighted by atomic mass is 35.5. The van der Waals surface area contributed by atoms with Gasteiger partial charge < -0.3 is 10.0 Å². The number of halogens is 1. The summed E-state index contributed by atoms with van der Waals surface area (Å²) in [7, 11) is 2.07. The van der Waals surface area contributed by atoms with Crippen molar-refractivity contribution in [3.8, 4) is 0 Å². The molecule has 2 nitrogen and oxygen atoms in total. The molecule has 0 radical (unpaired) electrons. The van der Waals surface area contributed by atoms with Gasteiger partial charge in [0, 0.05) is 12.4 Å². The smallest absolute Gasteiger partial charge is 0.0716 e. The quantitative estimate of drug-likeness (QED) is 0.601. The third-order valence-electron chi connectivity index (χ3n) is 2.13. The van der Waals surface area contributed by atoms with Crippen molar-refractivity contribution in [3.05, 3.63) is 0 Å². The molecule has 0 aromatic rings. The van der Waals surface area contributed by atoms with Crippen molar-refractivity contribution in [1.82, 2.24) is 4.90 Å². The molecule has 0 aromatic heterocycles. The first kappa shape index (κ1) is 8.31. The molecule has 2 unspecified atom stereocenters. The minimum absolute atomic E-state index is 0.299. The number of hydrogen-bond donors (Lipinski definition) is 1. The van der Waals surface area contributed by atoms with E-state index in [1.807, 2.05) is 0 Å². The van der Waals surface area contributed by atoms with Gasteiger partial charge in [0.05, 0.1) is 6.10 Å². The van der Waals surface area contributed by atoms with Gasteiger partial charge in [0.25, 0.3) is 0 Å². The first-order valence-corrected chi connectivity index (χ1v) is 4.20. The predicted molar refractivity (Wildman–Crippen MR) is 42.3 cm³/mol. The van der Waals surface area contributed by atoms with Gasteiger partial charge >= 0.3 is 0 Å². The Bertz CT molecular complexity index is 110. The molecule has 1 heterocycles. The maximum atomic E-state index is 9.32. The normalized spacial score (nSPS) is 30.9. The van der Waals surface area contributed by atoms with Crippen LogP contribution in [0.1, 0.15) is 6.42 Å². The number of aliphatic hydroxyl groups excluding tert-OH is 1. The van der Waals surface area contributed by atoms with E-state index in [0.29, 0.717) is 11.8 Å². The van der Waals surface area contributed by atoms with E-state index in [9.17, 15) is 5.11 Å². The third kappa shape index (κ3) is 1.84. The summed E-state index contributed by atoms with van der Waals surface area (Å²) < 4.78 is 0. The Kier molecular flexibility index (Phi) is 2.96. The maximum absolute atomic E-state index is 9.32. The van der Waals surface area contributed by atoms with Gasteiger partial charge in [-0.1, -0.05) is 0 Å². The van der Waals surface area contributed by atoms with Crippen LogP contribution in [-0.4, -0.2) is 42.1 Å². The van der Waals surface area contributed by atoms with E-state index in [4.69, 9.17) is 11.6 Å². The lowest BCUT2D eigenvalue weighted by Crippen LogP contribution is -2.24. The lowest BCUT2D eigenvalue weighted by Gasteiger charge is -2.14. The van der Waals surface area contributed by atoms with Crippen LogP contribution >= 0.6 is 11.6 Å². The van der Waals surface area contributed by atoms with Crippen LogP contribution in [0.3, 0.4) is 0 Å². The molecule has 60 valence electrons. The molecule has 3 heteroatoms. The average Bonchev–Trinajstić information content (AvgIpc) is 2.34. The zero-order valence-corrected chi connectivity index (χ0v) is 7.01. The molecule has 2 atom stereocenters. The summed E-state index contributed by atoms with van der Waals surface area (Å²) in [4.78, 5) is 2.22. The zero-order chi connectivity index (χ0) is 7.56. The van der Waals surface area contributed by atoms with E-state index in [2.05, 4.69) is 11.9 Å². The largest absolute Gasteiger partial charge is 0.392 e. The van der Waals surface area contributed by atoms with E-state index in [-0.39, 0.29) is 6.10 Å². The van der Waals surface area contributed by atoms with Crippen LogP contribution < -0.4 is 0 Å². The minimum Gasteiger partial charge on any atom is -0.392 e. The molecule has 1 fully saturated rings. The van der Waals surface area contributed by atoms with Gasteiger partial charge in [0.15, 0.2) is 0 Å². The lowest BCUT2D eigenvalue weighted by atomic mass is 10.0. The Morgan fingerprint density at radius 3 is 2.90 bits per heavy atom. The van der Waals surface area contributed by atoms with E-state index in [1.54, 1.807) is 0 Å². The molecule has 0 saturated carbocycles. The van der Waals surface area contributed by atoms with Gasteiger partial charge in [-0.05, 0) is 25.9 Å². The molecule has 0 spiro atoms. The molecule has 0 amide bonds. The third-order valence-corrected chi connectivity index (χ3v) is 2.45. The zero-order valence-electron chi connectivity index (χ0n) is 6.26. The molecule has 1 saturated heterocycles. The Morgan fingerprint density at radius 1 is 1.80 bits per heavy atom. The summed E-state index contributed by atoms with van der Waals surface area (Å²) in [6.45, 7) is 2.09. The number of likely N-dealkylation sites (tertiary alicyclic amines) is 1. The SMILES string of the molecule is CN1CCC(C(O)CCl)C1. The van der Waals surface area contributed by atoms with Crippen molar-refractivity contribution >= 4 is 11.6 Å². The maximum Gasteiger partial charge on any atom is 0.0716 e. The second kappa shape index (κ2) is 3.56. The average molecular weight is 164 g/mol. The molecular weight excluding hydrogens is 150 g/mol. The molecule has 0 aliphatic carbocycles. The number of rotatable bonds is 2. The number of hydrogen-bond acceptors (Lipinski definition) is 2. The molecule has 1 aliphatic heterocycles. The van der Waals surface area contributed by atoms with Gasteiger partial charge in [-0.25, -0.2) is 0 Å². The summed E-state index contributed by atoms with van der Waals surface area (Å²) in [6, 6.07) is 0. The standard InChI is InChI=1S/C7H14ClNO/c1-9-3-2-6(5-9)7(10)4-8/h6-7,10H,2-5H2,1H3. The minimum atomic E-state index is -0.299. The van der Waals surface area contributed by atoms with E-state index in [1.165, 1.54) is 0 Å². The van der Waals surface area contributed by atoms with Crippen LogP contribution in [0.4, 0.5) is 0 Å². The molecule has 1 rings (SSSR count). The van der Waals surface area contributed by atoms with Crippen LogP contribution in [-0.2, 0) is 0 Å². The van der Waals surface area contributed by atoms with Crippen molar-refractivity contribution in [2.75, 3.05) is 26.0 Å². The molecule has 10 heavy (non-hydrogen) atoms. The summed E-state index contributed by atoms with van der Waals surface area (Å²) in [5.41, 5.74) is 0. The van der Waals surface area contributed by atoms with Gasteiger partial charge in [-0.15, -0.1) is 11.6 Å². The summed E-state index contributed by atoms with van der Waals surface area (Å²) in [5.74, 6) is 0.779. The number of alkyl halides is 1. The molecule has 1 aliphatic rings. The molecule has 0 bridgehead atoms. The Labute approximate surface area is 66.8 Å². The fourth-order valence-corrected chi connectivity index (χ4v) is 1.66. The van der Waals surface area contributed by atoms with E-state index >= 15 is 0 Å². The van der Waals surface area contributed by atoms with Crippen molar-refractivity contribution in [3.63, 3.8) is 0 Å². The Balaban J connectivity index is 2.29. The summed E-state index contributed by atoms with van der Waals surface area (Å²) in [5, 5.41) is 9.32. The fourth-order valence-electron chi connectivity index (χ4n) is 1.41.